The lowest BCUT2D eigenvalue weighted by molar-refractivity contribution is -0.458. The van der Waals surface area contributed by atoms with Crippen LogP contribution >= 0.6 is 10.3 Å². The van der Waals surface area contributed by atoms with Gasteiger partial charge in [0.05, 0.1) is 0 Å². The molecule has 2 aromatic rings. The molecule has 0 saturated carbocycles. The fraction of sp³-hybridized carbons (Fsp3) is 0.500. The molecule has 242 valence electrons. The Labute approximate surface area is 225 Å². The Balaban J connectivity index is 2.65. The summed E-state index contributed by atoms with van der Waals surface area (Å²) in [5, 5.41) is -7.51. The Morgan fingerprint density at radius 2 is 0.905 bits per heavy atom. The molecule has 0 aliphatic heterocycles. The molecule has 0 amide bonds. The summed E-state index contributed by atoms with van der Waals surface area (Å²) < 4.78 is 258. The van der Waals surface area contributed by atoms with Gasteiger partial charge in [0.15, 0.2) is 0 Å². The number of rotatable bonds is 10. The first-order valence-corrected chi connectivity index (χ1v) is 14.0. The third kappa shape index (κ3) is 4.84. The summed E-state index contributed by atoms with van der Waals surface area (Å²) in [5.74, 6) is -52.0. The van der Waals surface area contributed by atoms with Gasteiger partial charge in [-0.1, -0.05) is 46.7 Å². The highest BCUT2D eigenvalue weighted by Crippen LogP contribution is 2.65. The van der Waals surface area contributed by atoms with E-state index in [0.717, 1.165) is 12.1 Å². The zero-order chi connectivity index (χ0) is 33.4. The lowest BCUT2D eigenvalue weighted by Crippen LogP contribution is -2.75. The quantitative estimate of drug-likeness (QED) is 0.235. The normalized spacial score (nSPS) is 16.2. The van der Waals surface area contributed by atoms with Gasteiger partial charge in [-0.25, -0.2) is 3.63 Å². The Morgan fingerprint density at radius 3 is 1.36 bits per heavy atom. The van der Waals surface area contributed by atoms with Crippen molar-refractivity contribution in [2.45, 2.75) is 51.9 Å². The van der Waals surface area contributed by atoms with Crippen molar-refractivity contribution in [3.8, 4) is 0 Å². The van der Waals surface area contributed by atoms with Crippen molar-refractivity contribution in [3.63, 3.8) is 0 Å². The molecule has 3 nitrogen and oxygen atoms in total. The highest BCUT2D eigenvalue weighted by molar-refractivity contribution is 8.32. The van der Waals surface area contributed by atoms with Crippen molar-refractivity contribution < 1.29 is 86.7 Å². The summed E-state index contributed by atoms with van der Waals surface area (Å²) in [7, 11) is -11.6. The predicted molar refractivity (Wildman–Crippen MR) is 112 cm³/mol. The monoisotopic (exact) mass is 688 g/mol. The number of alkyl halides is 17. The van der Waals surface area contributed by atoms with Crippen LogP contribution in [0.1, 0.15) is 0 Å². The van der Waals surface area contributed by atoms with Crippen molar-refractivity contribution in [1.29, 1.82) is 0 Å². The predicted octanol–water partition coefficient (Wildman–Crippen LogP) is 8.49. The second-order valence-corrected chi connectivity index (χ2v) is 13.6. The summed E-state index contributed by atoms with van der Waals surface area (Å²) in [5.41, 5.74) is 0. The lowest BCUT2D eigenvalue weighted by atomic mass is 9.91. The first-order chi connectivity index (χ1) is 18.3. The average molecular weight is 688 g/mol. The molecule has 22 heteroatoms. The van der Waals surface area contributed by atoms with Crippen molar-refractivity contribution in [2.24, 2.45) is 0 Å². The van der Waals surface area contributed by atoms with E-state index < -0.39 is 67.4 Å². The molecule has 0 aliphatic rings. The Morgan fingerprint density at radius 1 is 0.524 bits per heavy atom. The molecule has 0 radical (unpaired) electrons. The minimum atomic E-state index is -8.90. The van der Waals surface area contributed by atoms with E-state index >= 15 is 0 Å². The SMILES string of the molecule is CS(C)(OS(=O)(=O)C(F)(F)C(F)(F)C(F)(F)C(F)(F)C(F)(F)C(F)(F)C(F)(F)C(F)(F)F)c1cccc2ccccc12. The van der Waals surface area contributed by atoms with Crippen molar-refractivity contribution >= 4 is 31.2 Å². The molecule has 0 N–H and O–H groups in total. The number of benzene rings is 2. The number of hydrogen-bond acceptors (Lipinski definition) is 3. The third-order valence-electron chi connectivity index (χ3n) is 5.55. The molecule has 0 heterocycles. The number of hydrogen-bond donors (Lipinski definition) is 0. The van der Waals surface area contributed by atoms with Crippen molar-refractivity contribution in [2.75, 3.05) is 12.5 Å². The van der Waals surface area contributed by atoms with E-state index in [0.29, 0.717) is 12.5 Å². The molecule has 0 unspecified atom stereocenters. The maximum Gasteiger partial charge on any atom is 0.460 e. The van der Waals surface area contributed by atoms with E-state index in [-0.39, 0.29) is 15.7 Å². The molecule has 0 atom stereocenters. The molecule has 0 spiro atoms. The van der Waals surface area contributed by atoms with E-state index in [9.17, 15) is 83.1 Å². The van der Waals surface area contributed by atoms with Crippen LogP contribution in [0.3, 0.4) is 0 Å². The molecule has 2 aromatic carbocycles. The van der Waals surface area contributed by atoms with E-state index in [1.165, 1.54) is 30.3 Å². The van der Waals surface area contributed by atoms with E-state index in [1.54, 1.807) is 0 Å². The lowest BCUT2D eigenvalue weighted by Gasteiger charge is -2.42. The topological polar surface area (TPSA) is 43.4 Å². The molecule has 2 rings (SSSR count). The largest absolute Gasteiger partial charge is 0.460 e. The summed E-state index contributed by atoms with van der Waals surface area (Å²) in [6.07, 6.45) is -6.65. The summed E-state index contributed by atoms with van der Waals surface area (Å²) in [6, 6.07) is 8.72. The van der Waals surface area contributed by atoms with Crippen LogP contribution < -0.4 is 0 Å². The summed E-state index contributed by atoms with van der Waals surface area (Å²) in [6.45, 7) is 0. The van der Waals surface area contributed by atoms with E-state index in [4.69, 9.17) is 0 Å². The molecule has 0 aromatic heterocycles. The van der Waals surface area contributed by atoms with Crippen LogP contribution in [-0.2, 0) is 13.7 Å². The van der Waals surface area contributed by atoms with Gasteiger partial charge in [-0.3, -0.25) is 0 Å². The van der Waals surface area contributed by atoms with Gasteiger partial charge in [0.2, 0.25) is 0 Å². The van der Waals surface area contributed by atoms with Crippen LogP contribution in [0.2, 0.25) is 0 Å². The van der Waals surface area contributed by atoms with Gasteiger partial charge in [0.25, 0.3) is 0 Å². The molecule has 0 saturated heterocycles. The second-order valence-electron chi connectivity index (χ2n) is 8.69. The highest BCUT2D eigenvalue weighted by atomic mass is 32.3. The van der Waals surface area contributed by atoms with Crippen LogP contribution in [0.15, 0.2) is 47.4 Å². The van der Waals surface area contributed by atoms with Gasteiger partial charge < -0.3 is 0 Å². The fourth-order valence-corrected chi connectivity index (χ4v) is 7.22. The number of halogens is 17. The van der Waals surface area contributed by atoms with Crippen molar-refractivity contribution in [1.82, 2.24) is 0 Å². The van der Waals surface area contributed by atoms with E-state index in [1.807, 2.05) is 0 Å². The standard InChI is InChI=1S/C20H13F17O3S2/c1-41(2,12-9-5-7-10-6-3-4-8-11(10)12)40-42(38,39)20(36,37)18(31,32)16(27,28)14(23,24)13(21,22)15(25,26)17(29,30)19(33,34)35/h3-9H,1-2H3. The summed E-state index contributed by atoms with van der Waals surface area (Å²) >= 11 is 0. The first-order valence-electron chi connectivity index (χ1n) is 10.2. The van der Waals surface area contributed by atoms with Gasteiger partial charge in [0.1, 0.15) is 0 Å². The van der Waals surface area contributed by atoms with Crippen LogP contribution in [0.25, 0.3) is 10.8 Å². The van der Waals surface area contributed by atoms with Gasteiger partial charge in [-0.05, 0) is 29.4 Å². The minimum absolute atomic E-state index is 0.00499. The molecular formula is C20H13F17O3S2. The maximum atomic E-state index is 14.4. The Kier molecular flexibility index (Phi) is 8.47. The summed E-state index contributed by atoms with van der Waals surface area (Å²) in [4.78, 5) is -0.374. The second kappa shape index (κ2) is 9.89. The average Bonchev–Trinajstić information content (AvgIpc) is 2.81. The Hall–Kier alpha value is -2.23. The Bertz CT molecular complexity index is 1430. The van der Waals surface area contributed by atoms with Crippen LogP contribution in [0.5, 0.6) is 0 Å². The van der Waals surface area contributed by atoms with Gasteiger partial charge in [0, 0.05) is 4.90 Å². The highest BCUT2D eigenvalue weighted by Gasteiger charge is 2.96. The van der Waals surface area contributed by atoms with Crippen molar-refractivity contribution in [3.05, 3.63) is 42.5 Å². The minimum Gasteiger partial charge on any atom is -0.211 e. The van der Waals surface area contributed by atoms with Crippen LogP contribution in [0.4, 0.5) is 74.6 Å². The number of fused-ring (bicyclic) bond motifs is 1. The third-order valence-corrected chi connectivity index (χ3v) is 9.92. The zero-order valence-corrected chi connectivity index (χ0v) is 21.6. The zero-order valence-electron chi connectivity index (χ0n) is 20.0. The van der Waals surface area contributed by atoms with Crippen LogP contribution in [0, 0.1) is 0 Å². The molecule has 0 fully saturated rings. The van der Waals surface area contributed by atoms with Gasteiger partial charge in [-0.15, -0.1) is 0 Å². The maximum absolute atomic E-state index is 14.4. The fourth-order valence-electron chi connectivity index (χ4n) is 3.23. The van der Waals surface area contributed by atoms with Crippen LogP contribution in [-0.4, -0.2) is 67.9 Å². The first kappa shape index (κ1) is 36.0. The molecule has 0 aliphatic carbocycles. The van der Waals surface area contributed by atoms with Gasteiger partial charge in [-0.2, -0.15) is 83.1 Å². The molecule has 0 bridgehead atoms. The smallest absolute Gasteiger partial charge is 0.211 e. The molecule has 42 heavy (non-hydrogen) atoms. The molecular weight excluding hydrogens is 675 g/mol. The van der Waals surface area contributed by atoms with Gasteiger partial charge >= 0.3 is 57.1 Å². The van der Waals surface area contributed by atoms with E-state index in [2.05, 4.69) is 3.63 Å².